The normalized spacial score (nSPS) is 10.9. The van der Waals surface area contributed by atoms with Gasteiger partial charge in [-0.2, -0.15) is 0 Å². The predicted octanol–water partition coefficient (Wildman–Crippen LogP) is 3.32. The number of amides is 2. The quantitative estimate of drug-likeness (QED) is 0.683. The second-order valence-electron chi connectivity index (χ2n) is 4.66. The van der Waals surface area contributed by atoms with Crippen molar-refractivity contribution in [3.05, 3.63) is 26.8 Å². The van der Waals surface area contributed by atoms with Crippen LogP contribution in [0.3, 0.4) is 0 Å². The van der Waals surface area contributed by atoms with Crippen LogP contribution in [0.5, 0.6) is 0 Å². The van der Waals surface area contributed by atoms with Crippen molar-refractivity contribution in [3.8, 4) is 0 Å². The molecular formula is C12H14ClIN2O3. The zero-order chi connectivity index (χ0) is 14.6. The summed E-state index contributed by atoms with van der Waals surface area (Å²) in [6, 6.07) is 4.73. The molecule has 0 unspecified atom stereocenters. The Morgan fingerprint density at radius 3 is 2.58 bits per heavy atom. The summed E-state index contributed by atoms with van der Waals surface area (Å²) in [5.74, 6) is -0.974. The summed E-state index contributed by atoms with van der Waals surface area (Å²) in [7, 11) is 0. The van der Waals surface area contributed by atoms with Crippen LogP contribution in [0.1, 0.15) is 20.3 Å². The summed E-state index contributed by atoms with van der Waals surface area (Å²) in [6.07, 6.45) is -0.166. The van der Waals surface area contributed by atoms with Crippen LogP contribution in [0, 0.1) is 3.57 Å². The van der Waals surface area contributed by atoms with Crippen molar-refractivity contribution < 1.29 is 14.7 Å². The van der Waals surface area contributed by atoms with Crippen LogP contribution >= 0.6 is 34.2 Å². The summed E-state index contributed by atoms with van der Waals surface area (Å²) >= 11 is 8.10. The number of carbonyl (C=O) groups is 2. The number of benzene rings is 1. The van der Waals surface area contributed by atoms with E-state index in [-0.39, 0.29) is 6.42 Å². The van der Waals surface area contributed by atoms with Gasteiger partial charge in [0.15, 0.2) is 0 Å². The Morgan fingerprint density at radius 1 is 1.42 bits per heavy atom. The molecule has 0 saturated heterocycles. The van der Waals surface area contributed by atoms with Crippen molar-refractivity contribution in [1.82, 2.24) is 5.32 Å². The molecule has 0 heterocycles. The maximum atomic E-state index is 11.8. The molecule has 1 aromatic rings. The van der Waals surface area contributed by atoms with Crippen LogP contribution in [0.4, 0.5) is 10.5 Å². The molecule has 0 aliphatic heterocycles. The summed E-state index contributed by atoms with van der Waals surface area (Å²) in [4.78, 5) is 22.4. The van der Waals surface area contributed by atoms with Crippen LogP contribution in [0.25, 0.3) is 0 Å². The lowest BCUT2D eigenvalue weighted by atomic mass is 10.0. The van der Waals surface area contributed by atoms with Gasteiger partial charge in [-0.05, 0) is 54.6 Å². The Bertz CT molecular complexity index is 506. The summed E-state index contributed by atoms with van der Waals surface area (Å²) in [5.41, 5.74) is -0.364. The number of carboxylic acids is 1. The van der Waals surface area contributed by atoms with E-state index in [1.165, 1.54) is 0 Å². The minimum absolute atomic E-state index is 0.166. The minimum Gasteiger partial charge on any atom is -0.481 e. The van der Waals surface area contributed by atoms with E-state index < -0.39 is 17.5 Å². The van der Waals surface area contributed by atoms with Gasteiger partial charge in [0.2, 0.25) is 0 Å². The molecule has 0 fully saturated rings. The molecule has 7 heteroatoms. The first-order valence-corrected chi connectivity index (χ1v) is 6.91. The first-order valence-electron chi connectivity index (χ1n) is 5.45. The van der Waals surface area contributed by atoms with Gasteiger partial charge in [0.05, 0.1) is 17.1 Å². The lowest BCUT2D eigenvalue weighted by molar-refractivity contribution is -0.138. The average molecular weight is 397 g/mol. The molecule has 2 amide bonds. The molecule has 0 spiro atoms. The van der Waals surface area contributed by atoms with E-state index in [1.54, 1.807) is 26.0 Å². The van der Waals surface area contributed by atoms with E-state index in [1.807, 2.05) is 6.07 Å². The van der Waals surface area contributed by atoms with Gasteiger partial charge in [0.25, 0.3) is 0 Å². The number of hydrogen-bond donors (Lipinski definition) is 3. The van der Waals surface area contributed by atoms with Crippen molar-refractivity contribution in [1.29, 1.82) is 0 Å². The third kappa shape index (κ3) is 5.65. The molecule has 19 heavy (non-hydrogen) atoms. The van der Waals surface area contributed by atoms with Gasteiger partial charge < -0.3 is 15.7 Å². The van der Waals surface area contributed by atoms with E-state index in [2.05, 4.69) is 33.2 Å². The molecule has 0 atom stereocenters. The van der Waals surface area contributed by atoms with E-state index in [0.29, 0.717) is 10.7 Å². The molecule has 0 bridgehead atoms. The Hall–Kier alpha value is -1.02. The van der Waals surface area contributed by atoms with E-state index in [9.17, 15) is 9.59 Å². The minimum atomic E-state index is -0.974. The number of carbonyl (C=O) groups excluding carboxylic acids is 1. The van der Waals surface area contributed by atoms with Gasteiger partial charge in [0.1, 0.15) is 0 Å². The predicted molar refractivity (Wildman–Crippen MR) is 82.7 cm³/mol. The Balaban J connectivity index is 2.67. The van der Waals surface area contributed by atoms with Gasteiger partial charge in [-0.15, -0.1) is 0 Å². The largest absolute Gasteiger partial charge is 0.481 e. The van der Waals surface area contributed by atoms with Crippen LogP contribution in [0.15, 0.2) is 18.2 Å². The highest BCUT2D eigenvalue weighted by Crippen LogP contribution is 2.23. The fraction of sp³-hybridized carbons (Fsp3) is 0.333. The monoisotopic (exact) mass is 396 g/mol. The van der Waals surface area contributed by atoms with E-state index in [0.717, 1.165) is 3.57 Å². The third-order valence-electron chi connectivity index (χ3n) is 2.22. The molecule has 5 nitrogen and oxygen atoms in total. The molecule has 1 rings (SSSR count). The lowest BCUT2D eigenvalue weighted by Gasteiger charge is -2.24. The third-order valence-corrected chi connectivity index (χ3v) is 3.21. The van der Waals surface area contributed by atoms with Crippen LogP contribution < -0.4 is 10.6 Å². The topological polar surface area (TPSA) is 78.4 Å². The molecule has 3 N–H and O–H groups in total. The first-order chi connectivity index (χ1) is 8.69. The number of anilines is 1. The maximum Gasteiger partial charge on any atom is 0.319 e. The summed E-state index contributed by atoms with van der Waals surface area (Å²) in [5, 5.41) is 14.3. The molecule has 1 aromatic carbocycles. The standard InChI is InChI=1S/C12H14ClIN2O3/c1-12(2,6-10(17)18)16-11(19)15-9-4-3-7(14)5-8(9)13/h3-5H,6H2,1-2H3,(H,17,18)(H2,15,16,19). The number of urea groups is 1. The van der Waals surface area contributed by atoms with Gasteiger partial charge in [0, 0.05) is 9.11 Å². The molecular weight excluding hydrogens is 382 g/mol. The van der Waals surface area contributed by atoms with Gasteiger partial charge >= 0.3 is 12.0 Å². The fourth-order valence-electron chi connectivity index (χ4n) is 1.47. The molecule has 0 aromatic heterocycles. The van der Waals surface area contributed by atoms with Gasteiger partial charge in [-0.25, -0.2) is 4.79 Å². The molecule has 0 aliphatic rings. The van der Waals surface area contributed by atoms with Gasteiger partial charge in [-0.1, -0.05) is 11.6 Å². The molecule has 0 aliphatic carbocycles. The number of carboxylic acid groups (broad SMARTS) is 1. The van der Waals surface area contributed by atoms with Crippen molar-refractivity contribution in [2.75, 3.05) is 5.32 Å². The van der Waals surface area contributed by atoms with E-state index >= 15 is 0 Å². The molecule has 0 radical (unpaired) electrons. The van der Waals surface area contributed by atoms with Crippen LogP contribution in [-0.2, 0) is 4.79 Å². The summed E-state index contributed by atoms with van der Waals surface area (Å²) in [6.45, 7) is 3.27. The van der Waals surface area contributed by atoms with Crippen molar-refractivity contribution in [2.24, 2.45) is 0 Å². The van der Waals surface area contributed by atoms with Gasteiger partial charge in [-0.3, -0.25) is 4.79 Å². The van der Waals surface area contributed by atoms with Crippen LogP contribution in [0.2, 0.25) is 5.02 Å². The number of nitrogens with one attached hydrogen (secondary N) is 2. The highest BCUT2D eigenvalue weighted by atomic mass is 127. The lowest BCUT2D eigenvalue weighted by Crippen LogP contribution is -2.46. The number of halogens is 2. The van der Waals surface area contributed by atoms with Crippen LogP contribution in [-0.4, -0.2) is 22.6 Å². The zero-order valence-electron chi connectivity index (χ0n) is 10.5. The first kappa shape index (κ1) is 16.0. The van der Waals surface area contributed by atoms with Crippen molar-refractivity contribution in [3.63, 3.8) is 0 Å². The Labute approximate surface area is 129 Å². The average Bonchev–Trinajstić information content (AvgIpc) is 2.19. The highest BCUT2D eigenvalue weighted by molar-refractivity contribution is 14.1. The van der Waals surface area contributed by atoms with Crippen molar-refractivity contribution >= 4 is 51.9 Å². The molecule has 104 valence electrons. The second kappa shape index (κ2) is 6.42. The number of aliphatic carboxylic acids is 1. The smallest absolute Gasteiger partial charge is 0.319 e. The summed E-state index contributed by atoms with van der Waals surface area (Å²) < 4.78 is 0.958. The van der Waals surface area contributed by atoms with Crippen molar-refractivity contribution in [2.45, 2.75) is 25.8 Å². The highest BCUT2D eigenvalue weighted by Gasteiger charge is 2.24. The fourth-order valence-corrected chi connectivity index (χ4v) is 2.38. The Morgan fingerprint density at radius 2 is 2.05 bits per heavy atom. The zero-order valence-corrected chi connectivity index (χ0v) is 13.4. The Kier molecular flexibility index (Phi) is 5.42. The second-order valence-corrected chi connectivity index (χ2v) is 6.31. The molecule has 0 saturated carbocycles. The van der Waals surface area contributed by atoms with E-state index in [4.69, 9.17) is 16.7 Å². The maximum absolute atomic E-state index is 11.8. The number of hydrogen-bond acceptors (Lipinski definition) is 2. The SMILES string of the molecule is CC(C)(CC(=O)O)NC(=O)Nc1ccc(I)cc1Cl. The number of rotatable bonds is 4.